The zero-order valence-corrected chi connectivity index (χ0v) is 21.0. The fourth-order valence-electron chi connectivity index (χ4n) is 4.53. The van der Waals surface area contributed by atoms with E-state index in [-0.39, 0.29) is 11.3 Å². The Morgan fingerprint density at radius 1 is 0.921 bits per heavy atom. The number of nitrogens with zero attached hydrogens (tertiary/aromatic N) is 2. The van der Waals surface area contributed by atoms with E-state index in [4.69, 9.17) is 9.47 Å². The largest absolute Gasteiger partial charge is 0.507 e. The first kappa shape index (κ1) is 24.8. The molecule has 5 rings (SSSR count). The van der Waals surface area contributed by atoms with Gasteiger partial charge >= 0.3 is 0 Å². The summed E-state index contributed by atoms with van der Waals surface area (Å²) in [5.41, 5.74) is 3.10. The molecule has 1 N–H and O–H groups in total. The lowest BCUT2D eigenvalue weighted by Gasteiger charge is -2.25. The molecule has 38 heavy (non-hydrogen) atoms. The smallest absolute Gasteiger partial charge is 0.300 e. The van der Waals surface area contributed by atoms with Crippen molar-refractivity contribution >= 4 is 23.1 Å². The molecular weight excluding hydrogens is 480 g/mol. The van der Waals surface area contributed by atoms with E-state index >= 15 is 0 Å². The number of aliphatic hydroxyl groups excluding tert-OH is 1. The first-order chi connectivity index (χ1) is 18.5. The van der Waals surface area contributed by atoms with Crippen LogP contribution in [0, 0.1) is 6.92 Å². The molecular formula is C31H26N2O5. The van der Waals surface area contributed by atoms with E-state index in [1.807, 2.05) is 30.3 Å². The molecule has 4 aromatic rings. The monoisotopic (exact) mass is 506 g/mol. The highest BCUT2D eigenvalue weighted by atomic mass is 16.5. The quantitative estimate of drug-likeness (QED) is 0.199. The van der Waals surface area contributed by atoms with Crippen molar-refractivity contribution < 1.29 is 24.2 Å². The van der Waals surface area contributed by atoms with Gasteiger partial charge in [-0.05, 0) is 72.6 Å². The van der Waals surface area contributed by atoms with Gasteiger partial charge in [0.25, 0.3) is 11.7 Å². The van der Waals surface area contributed by atoms with Gasteiger partial charge in [0, 0.05) is 17.4 Å². The number of pyridine rings is 1. The molecule has 0 bridgehead atoms. The minimum atomic E-state index is -0.909. The van der Waals surface area contributed by atoms with Crippen LogP contribution in [0.3, 0.4) is 0 Å². The second-order valence-electron chi connectivity index (χ2n) is 8.87. The van der Waals surface area contributed by atoms with Gasteiger partial charge in [-0.25, -0.2) is 0 Å². The second kappa shape index (κ2) is 10.6. The minimum absolute atomic E-state index is 0.0219. The number of carbonyl (C=O) groups excluding carboxylic acids is 2. The number of ether oxygens (including phenoxy) is 2. The molecule has 1 aliphatic rings. The van der Waals surface area contributed by atoms with Gasteiger partial charge in [0.05, 0.1) is 18.4 Å². The number of hydrogen-bond donors (Lipinski definition) is 1. The summed E-state index contributed by atoms with van der Waals surface area (Å²) in [5, 5.41) is 11.4. The van der Waals surface area contributed by atoms with Crippen molar-refractivity contribution in [3.8, 4) is 11.5 Å². The van der Waals surface area contributed by atoms with E-state index in [1.54, 1.807) is 80.9 Å². The number of benzene rings is 3. The molecule has 190 valence electrons. The highest BCUT2D eigenvalue weighted by Gasteiger charge is 2.47. The average molecular weight is 507 g/mol. The number of aryl methyl sites for hydroxylation is 1. The molecule has 1 amide bonds. The maximum absolute atomic E-state index is 13.4. The fraction of sp³-hybridized carbons (Fsp3) is 0.129. The third-order valence-corrected chi connectivity index (χ3v) is 6.46. The molecule has 0 saturated carbocycles. The summed E-state index contributed by atoms with van der Waals surface area (Å²) in [6.07, 6.45) is 1.59. The molecule has 0 spiro atoms. The second-order valence-corrected chi connectivity index (χ2v) is 8.87. The highest BCUT2D eigenvalue weighted by Crippen LogP contribution is 2.42. The molecule has 2 heterocycles. The number of aromatic nitrogens is 1. The Balaban J connectivity index is 1.53. The van der Waals surface area contributed by atoms with Gasteiger partial charge in [-0.1, -0.05) is 36.4 Å². The molecule has 7 nitrogen and oxygen atoms in total. The average Bonchev–Trinajstić information content (AvgIpc) is 3.22. The normalized spacial score (nSPS) is 16.5. The molecule has 1 aromatic heterocycles. The number of rotatable bonds is 7. The minimum Gasteiger partial charge on any atom is -0.507 e. The maximum Gasteiger partial charge on any atom is 0.300 e. The number of hydrogen-bond acceptors (Lipinski definition) is 6. The van der Waals surface area contributed by atoms with E-state index in [0.29, 0.717) is 40.6 Å². The van der Waals surface area contributed by atoms with Gasteiger partial charge in [-0.2, -0.15) is 0 Å². The molecule has 0 aliphatic carbocycles. The molecule has 1 saturated heterocycles. The number of carbonyl (C=O) groups is 2. The van der Waals surface area contributed by atoms with E-state index in [1.165, 1.54) is 4.90 Å². The van der Waals surface area contributed by atoms with Crippen LogP contribution < -0.4 is 14.4 Å². The van der Waals surface area contributed by atoms with E-state index in [0.717, 1.165) is 5.56 Å². The molecule has 0 radical (unpaired) electrons. The first-order valence-corrected chi connectivity index (χ1v) is 12.1. The van der Waals surface area contributed by atoms with Crippen molar-refractivity contribution in [2.45, 2.75) is 19.6 Å². The van der Waals surface area contributed by atoms with Crippen molar-refractivity contribution in [2.75, 3.05) is 12.0 Å². The topological polar surface area (TPSA) is 89.0 Å². The van der Waals surface area contributed by atoms with Crippen molar-refractivity contribution in [2.24, 2.45) is 0 Å². The van der Waals surface area contributed by atoms with Crippen molar-refractivity contribution in [3.05, 3.63) is 125 Å². The summed E-state index contributed by atoms with van der Waals surface area (Å²) in [5.74, 6) is -0.540. The lowest BCUT2D eigenvalue weighted by atomic mass is 9.96. The predicted molar refractivity (Wildman–Crippen MR) is 144 cm³/mol. The van der Waals surface area contributed by atoms with Gasteiger partial charge < -0.3 is 14.6 Å². The van der Waals surface area contributed by atoms with Crippen molar-refractivity contribution in [3.63, 3.8) is 0 Å². The third kappa shape index (κ3) is 4.74. The van der Waals surface area contributed by atoms with E-state index in [2.05, 4.69) is 4.98 Å². The van der Waals surface area contributed by atoms with Gasteiger partial charge in [-0.15, -0.1) is 0 Å². The molecule has 1 aliphatic heterocycles. The Hall–Kier alpha value is -4.91. The number of aliphatic hydroxyl groups is 1. The van der Waals surface area contributed by atoms with Crippen molar-refractivity contribution in [1.29, 1.82) is 0 Å². The Kier molecular flexibility index (Phi) is 6.91. The Bertz CT molecular complexity index is 1500. The Labute approximate surface area is 220 Å². The van der Waals surface area contributed by atoms with Crippen LogP contribution >= 0.6 is 0 Å². The molecule has 7 heteroatoms. The van der Waals surface area contributed by atoms with Crippen LogP contribution in [0.15, 0.2) is 103 Å². The van der Waals surface area contributed by atoms with Gasteiger partial charge in [0.1, 0.15) is 29.9 Å². The third-order valence-electron chi connectivity index (χ3n) is 6.46. The number of ketones is 1. The Morgan fingerprint density at radius 2 is 1.63 bits per heavy atom. The summed E-state index contributed by atoms with van der Waals surface area (Å²) in [6.45, 7) is 2.21. The van der Waals surface area contributed by atoms with Gasteiger partial charge in [-0.3, -0.25) is 19.5 Å². The number of methoxy groups -OCH3 is 1. The van der Waals surface area contributed by atoms with Crippen LogP contribution in [0.2, 0.25) is 0 Å². The molecule has 1 unspecified atom stereocenters. The zero-order chi connectivity index (χ0) is 26.6. The lowest BCUT2D eigenvalue weighted by molar-refractivity contribution is -0.132. The number of amides is 1. The zero-order valence-electron chi connectivity index (χ0n) is 21.0. The molecule has 1 atom stereocenters. The maximum atomic E-state index is 13.4. The van der Waals surface area contributed by atoms with Crippen LogP contribution in [0.5, 0.6) is 11.5 Å². The first-order valence-electron chi connectivity index (χ1n) is 12.1. The van der Waals surface area contributed by atoms with Crippen LogP contribution in [-0.4, -0.2) is 28.9 Å². The SMILES string of the molecule is COc1ccc(/C(O)=C2/C(=O)C(=O)N(c3ccc(OCc4ccccc4)cc3)C2c2ccccn2)c(C)c1. The predicted octanol–water partition coefficient (Wildman–Crippen LogP) is 5.60. The van der Waals surface area contributed by atoms with E-state index in [9.17, 15) is 14.7 Å². The van der Waals surface area contributed by atoms with Crippen LogP contribution in [0.4, 0.5) is 5.69 Å². The highest BCUT2D eigenvalue weighted by molar-refractivity contribution is 6.51. The van der Waals surface area contributed by atoms with Gasteiger partial charge in [0.15, 0.2) is 0 Å². The summed E-state index contributed by atoms with van der Waals surface area (Å²) in [4.78, 5) is 32.5. The summed E-state index contributed by atoms with van der Waals surface area (Å²) < 4.78 is 11.1. The molecule has 1 fully saturated rings. The van der Waals surface area contributed by atoms with Crippen LogP contribution in [0.25, 0.3) is 5.76 Å². The van der Waals surface area contributed by atoms with Crippen LogP contribution in [0.1, 0.15) is 28.4 Å². The Morgan fingerprint density at radius 3 is 2.29 bits per heavy atom. The lowest BCUT2D eigenvalue weighted by Crippen LogP contribution is -2.29. The molecule has 3 aromatic carbocycles. The van der Waals surface area contributed by atoms with E-state index < -0.39 is 17.7 Å². The number of anilines is 1. The van der Waals surface area contributed by atoms with Crippen LogP contribution in [-0.2, 0) is 16.2 Å². The standard InChI is InChI=1S/C31H26N2O5/c1-20-18-24(37-2)15-16-25(20)29(34)27-28(26-10-6-7-17-32-26)33(31(36)30(27)35)22-11-13-23(14-12-22)38-19-21-8-4-3-5-9-21/h3-18,28,34H,19H2,1-2H3/b29-27-. The fourth-order valence-corrected chi connectivity index (χ4v) is 4.53. The summed E-state index contributed by atoms with van der Waals surface area (Å²) in [7, 11) is 1.55. The van der Waals surface area contributed by atoms with Gasteiger partial charge in [0.2, 0.25) is 0 Å². The summed E-state index contributed by atoms with van der Waals surface area (Å²) in [6, 6.07) is 26.2. The van der Waals surface area contributed by atoms with Crippen molar-refractivity contribution in [1.82, 2.24) is 4.98 Å². The number of Topliss-reactive ketones (excluding diaryl/α,β-unsaturated/α-hetero) is 1. The summed E-state index contributed by atoms with van der Waals surface area (Å²) >= 11 is 0.